The van der Waals surface area contributed by atoms with Crippen molar-refractivity contribution in [1.82, 2.24) is 5.01 Å². The van der Waals surface area contributed by atoms with Crippen molar-refractivity contribution in [3.05, 3.63) is 52.6 Å². The van der Waals surface area contributed by atoms with E-state index in [9.17, 15) is 4.79 Å². The normalized spacial score (nSPS) is 19.0. The highest BCUT2D eigenvalue weighted by atomic mass is 16.1. The summed E-state index contributed by atoms with van der Waals surface area (Å²) in [6.07, 6.45) is 7.13. The zero-order valence-electron chi connectivity index (χ0n) is 13.8. The smallest absolute Gasteiger partial charge is 0.185 e. The molecule has 1 aromatic rings. The number of hydrogen-bond acceptors (Lipinski definition) is 3. The molecule has 1 aliphatic carbocycles. The topological polar surface area (TPSA) is 32.7 Å². The molecule has 0 radical (unpaired) electrons. The zero-order valence-corrected chi connectivity index (χ0v) is 13.8. The van der Waals surface area contributed by atoms with Gasteiger partial charge in [-0.25, -0.2) is 0 Å². The van der Waals surface area contributed by atoms with Crippen LogP contribution in [0.1, 0.15) is 43.7 Å². The Morgan fingerprint density at radius 2 is 1.73 bits per heavy atom. The Balaban J connectivity index is 2.12. The maximum absolute atomic E-state index is 12.3. The van der Waals surface area contributed by atoms with Crippen molar-refractivity contribution in [1.29, 1.82) is 0 Å². The fourth-order valence-electron chi connectivity index (χ4n) is 2.43. The van der Waals surface area contributed by atoms with Crippen LogP contribution in [0.15, 0.2) is 46.6 Å². The third-order valence-electron chi connectivity index (χ3n) is 3.76. The Kier molecular flexibility index (Phi) is 5.31. The van der Waals surface area contributed by atoms with Gasteiger partial charge in [-0.15, -0.1) is 0 Å². The number of carbonyl (C=O) groups excluding carboxylic acids is 1. The highest BCUT2D eigenvalue weighted by Gasteiger charge is 2.22. The minimum Gasteiger partial charge on any atom is -0.303 e. The Morgan fingerprint density at radius 3 is 2.32 bits per heavy atom. The number of nitrogens with zero attached hydrogens (tertiary/aromatic N) is 2. The van der Waals surface area contributed by atoms with Crippen LogP contribution >= 0.6 is 0 Å². The first-order valence-corrected chi connectivity index (χ1v) is 7.73. The molecule has 0 aliphatic heterocycles. The Morgan fingerprint density at radius 1 is 1.09 bits per heavy atom. The van der Waals surface area contributed by atoms with Crippen LogP contribution in [0.5, 0.6) is 0 Å². The molecule has 0 aromatic heterocycles. The van der Waals surface area contributed by atoms with Gasteiger partial charge >= 0.3 is 0 Å². The highest BCUT2D eigenvalue weighted by molar-refractivity contribution is 6.14. The molecular formula is C19H24N2O. The SMILES string of the molecule is CC(C)c1ccc(/C=C2/CC/C(=C\C=N\N(C)C)C2=O)cc1. The molecule has 1 saturated carbocycles. The van der Waals surface area contributed by atoms with Crippen LogP contribution < -0.4 is 0 Å². The predicted octanol–water partition coefficient (Wildman–Crippen LogP) is 4.03. The molecule has 2 rings (SSSR count). The standard InChI is InChI=1S/C19H24N2O/c1-14(2)16-7-5-15(6-8-16)13-18-10-9-17(19(18)22)11-12-20-21(3)4/h5-8,11-14H,9-10H2,1-4H3/b17-11+,18-13-,20-12+. The van der Waals surface area contributed by atoms with Gasteiger partial charge in [0.1, 0.15) is 0 Å². The van der Waals surface area contributed by atoms with Gasteiger partial charge in [0, 0.05) is 31.5 Å². The van der Waals surface area contributed by atoms with E-state index in [-0.39, 0.29) is 5.78 Å². The zero-order chi connectivity index (χ0) is 16.1. The van der Waals surface area contributed by atoms with Gasteiger partial charge in [-0.3, -0.25) is 4.79 Å². The van der Waals surface area contributed by atoms with E-state index < -0.39 is 0 Å². The number of allylic oxidation sites excluding steroid dienone is 3. The van der Waals surface area contributed by atoms with E-state index in [4.69, 9.17) is 0 Å². The summed E-state index contributed by atoms with van der Waals surface area (Å²) in [4.78, 5) is 12.3. The molecule has 3 nitrogen and oxygen atoms in total. The van der Waals surface area contributed by atoms with Gasteiger partial charge < -0.3 is 5.01 Å². The number of rotatable bonds is 4. The summed E-state index contributed by atoms with van der Waals surface area (Å²) in [5, 5.41) is 5.83. The van der Waals surface area contributed by atoms with Crippen molar-refractivity contribution in [2.75, 3.05) is 14.1 Å². The fraction of sp³-hybridized carbons (Fsp3) is 0.368. The number of hydrogen-bond donors (Lipinski definition) is 0. The summed E-state index contributed by atoms with van der Waals surface area (Å²) in [5.74, 6) is 0.679. The molecule has 1 aliphatic rings. The number of hydrazone groups is 1. The van der Waals surface area contributed by atoms with E-state index in [1.54, 1.807) is 11.2 Å². The largest absolute Gasteiger partial charge is 0.303 e. The summed E-state index contributed by atoms with van der Waals surface area (Å²) >= 11 is 0. The van der Waals surface area contributed by atoms with Crippen LogP contribution in [0.2, 0.25) is 0 Å². The van der Waals surface area contributed by atoms with E-state index in [2.05, 4.69) is 43.2 Å². The van der Waals surface area contributed by atoms with E-state index in [1.165, 1.54) is 5.56 Å². The van der Waals surface area contributed by atoms with Gasteiger partial charge in [0.2, 0.25) is 0 Å². The van der Waals surface area contributed by atoms with E-state index in [1.807, 2.05) is 26.2 Å². The molecule has 0 spiro atoms. The summed E-state index contributed by atoms with van der Waals surface area (Å²) in [7, 11) is 3.72. The maximum atomic E-state index is 12.3. The van der Waals surface area contributed by atoms with Crippen molar-refractivity contribution in [2.45, 2.75) is 32.6 Å². The van der Waals surface area contributed by atoms with Gasteiger partial charge in [0.15, 0.2) is 5.78 Å². The van der Waals surface area contributed by atoms with Crippen molar-refractivity contribution in [2.24, 2.45) is 5.10 Å². The summed E-state index contributed by atoms with van der Waals surface area (Å²) in [5.41, 5.74) is 4.15. The van der Waals surface area contributed by atoms with Crippen LogP contribution in [0.25, 0.3) is 6.08 Å². The van der Waals surface area contributed by atoms with E-state index >= 15 is 0 Å². The number of ketones is 1. The van der Waals surface area contributed by atoms with Crippen molar-refractivity contribution >= 4 is 18.1 Å². The minimum atomic E-state index is 0.151. The first-order chi connectivity index (χ1) is 10.5. The van der Waals surface area contributed by atoms with Crippen molar-refractivity contribution < 1.29 is 4.79 Å². The molecule has 0 amide bonds. The quantitative estimate of drug-likeness (QED) is 0.477. The number of benzene rings is 1. The molecule has 0 saturated heterocycles. The average Bonchev–Trinajstić information content (AvgIpc) is 2.80. The number of carbonyl (C=O) groups is 1. The molecule has 3 heteroatoms. The lowest BCUT2D eigenvalue weighted by Crippen LogP contribution is -2.01. The molecule has 0 unspecified atom stereocenters. The molecule has 0 atom stereocenters. The molecule has 0 heterocycles. The third kappa shape index (κ3) is 4.17. The monoisotopic (exact) mass is 296 g/mol. The van der Waals surface area contributed by atoms with Gasteiger partial charge in [0.25, 0.3) is 0 Å². The maximum Gasteiger partial charge on any atom is 0.185 e. The van der Waals surface area contributed by atoms with Crippen LogP contribution in [0.3, 0.4) is 0 Å². The minimum absolute atomic E-state index is 0.151. The van der Waals surface area contributed by atoms with Gasteiger partial charge in [0.05, 0.1) is 0 Å². The summed E-state index contributed by atoms with van der Waals surface area (Å²) in [6.45, 7) is 4.36. The fourth-order valence-corrected chi connectivity index (χ4v) is 2.43. The van der Waals surface area contributed by atoms with Crippen molar-refractivity contribution in [3.8, 4) is 0 Å². The molecule has 1 fully saturated rings. The van der Waals surface area contributed by atoms with E-state index in [0.29, 0.717) is 5.92 Å². The highest BCUT2D eigenvalue weighted by Crippen LogP contribution is 2.28. The second-order valence-electron chi connectivity index (χ2n) is 6.12. The molecule has 116 valence electrons. The first-order valence-electron chi connectivity index (χ1n) is 7.73. The first kappa shape index (κ1) is 16.2. The van der Waals surface area contributed by atoms with Crippen LogP contribution in [-0.2, 0) is 4.79 Å². The van der Waals surface area contributed by atoms with Crippen LogP contribution in [-0.4, -0.2) is 31.1 Å². The van der Waals surface area contributed by atoms with Crippen LogP contribution in [0, 0.1) is 0 Å². The Labute approximate surface area is 133 Å². The number of Topliss-reactive ketones (excluding diaryl/α,β-unsaturated/α-hetero) is 1. The third-order valence-corrected chi connectivity index (χ3v) is 3.76. The summed E-state index contributed by atoms with van der Waals surface area (Å²) < 4.78 is 0. The lowest BCUT2D eigenvalue weighted by molar-refractivity contribution is -0.111. The second-order valence-corrected chi connectivity index (χ2v) is 6.12. The van der Waals surface area contributed by atoms with Gasteiger partial charge in [-0.05, 0) is 42.0 Å². The molecule has 1 aromatic carbocycles. The van der Waals surface area contributed by atoms with Crippen molar-refractivity contribution in [3.63, 3.8) is 0 Å². The average molecular weight is 296 g/mol. The lowest BCUT2D eigenvalue weighted by Gasteiger charge is -2.05. The van der Waals surface area contributed by atoms with E-state index in [0.717, 1.165) is 29.6 Å². The molecule has 0 N–H and O–H groups in total. The Hall–Kier alpha value is -2.16. The van der Waals surface area contributed by atoms with Gasteiger partial charge in [-0.1, -0.05) is 38.1 Å². The predicted molar refractivity (Wildman–Crippen MR) is 93.0 cm³/mol. The molecular weight excluding hydrogens is 272 g/mol. The summed E-state index contributed by atoms with van der Waals surface area (Å²) in [6, 6.07) is 8.45. The van der Waals surface area contributed by atoms with Gasteiger partial charge in [-0.2, -0.15) is 5.10 Å². The lowest BCUT2D eigenvalue weighted by atomic mass is 10.0. The second kappa shape index (κ2) is 7.21. The molecule has 0 bridgehead atoms. The molecule has 22 heavy (non-hydrogen) atoms. The van der Waals surface area contributed by atoms with Crippen LogP contribution in [0.4, 0.5) is 0 Å². The Bertz CT molecular complexity index is 619.